The van der Waals surface area contributed by atoms with Crippen molar-refractivity contribution >= 4 is 0 Å². The molecule has 0 aromatic carbocycles. The predicted molar refractivity (Wildman–Crippen MR) is 62.1 cm³/mol. The van der Waals surface area contributed by atoms with Gasteiger partial charge in [0.05, 0.1) is 19.3 Å². The molecule has 0 saturated carbocycles. The Bertz CT molecular complexity index is 521. The molecule has 5 heteroatoms. The third kappa shape index (κ3) is 3.20. The first-order valence-corrected chi connectivity index (χ1v) is 5.46. The second-order valence-corrected chi connectivity index (χ2v) is 3.84. The average Bonchev–Trinajstić information content (AvgIpc) is 2.93. The van der Waals surface area contributed by atoms with Gasteiger partial charge in [-0.25, -0.2) is 0 Å². The van der Waals surface area contributed by atoms with Gasteiger partial charge in [0.2, 0.25) is 5.76 Å². The number of hydrogen-bond donors (Lipinski definition) is 1. The van der Waals surface area contributed by atoms with E-state index >= 15 is 0 Å². The summed E-state index contributed by atoms with van der Waals surface area (Å²) in [6.45, 7) is 4.27. The highest BCUT2D eigenvalue weighted by Gasteiger charge is 2.00. The maximum Gasteiger partial charge on any atom is 0.203 e. The molecule has 0 amide bonds. The zero-order valence-corrected chi connectivity index (χ0v) is 9.68. The van der Waals surface area contributed by atoms with Gasteiger partial charge in [-0.2, -0.15) is 10.4 Å². The summed E-state index contributed by atoms with van der Waals surface area (Å²) in [6, 6.07) is 5.44. The van der Waals surface area contributed by atoms with Gasteiger partial charge in [0.1, 0.15) is 11.8 Å². The van der Waals surface area contributed by atoms with E-state index in [4.69, 9.17) is 9.68 Å². The lowest BCUT2D eigenvalue weighted by atomic mass is 10.4. The fourth-order valence-corrected chi connectivity index (χ4v) is 1.53. The molecule has 2 aromatic rings. The van der Waals surface area contributed by atoms with Crippen LogP contribution in [-0.4, -0.2) is 16.3 Å². The molecule has 5 nitrogen and oxygen atoms in total. The molecule has 0 saturated heterocycles. The van der Waals surface area contributed by atoms with Crippen molar-refractivity contribution in [1.29, 1.82) is 5.26 Å². The Morgan fingerprint density at radius 2 is 2.41 bits per heavy atom. The van der Waals surface area contributed by atoms with Crippen molar-refractivity contribution in [2.75, 3.05) is 6.54 Å². The van der Waals surface area contributed by atoms with E-state index in [-0.39, 0.29) is 0 Å². The van der Waals surface area contributed by atoms with Crippen LogP contribution in [0.25, 0.3) is 0 Å². The van der Waals surface area contributed by atoms with Crippen LogP contribution in [-0.2, 0) is 13.1 Å². The Balaban J connectivity index is 1.71. The lowest BCUT2D eigenvalue weighted by Gasteiger charge is -2.02. The standard InChI is InChI=1S/C12H14N4O/c1-10-7-15-16(9-10)5-4-14-8-12-3-2-11(6-13)17-12/h2-3,7,9,14H,4-5,8H2,1H3. The Kier molecular flexibility index (Phi) is 3.58. The SMILES string of the molecule is Cc1cnn(CCNCc2ccc(C#N)o2)c1. The molecule has 0 bridgehead atoms. The van der Waals surface area contributed by atoms with E-state index in [0.29, 0.717) is 12.3 Å². The number of rotatable bonds is 5. The van der Waals surface area contributed by atoms with Gasteiger partial charge in [-0.3, -0.25) is 4.68 Å². The zero-order valence-electron chi connectivity index (χ0n) is 9.68. The number of nitrogens with one attached hydrogen (secondary N) is 1. The maximum absolute atomic E-state index is 8.60. The molecule has 0 aliphatic rings. The summed E-state index contributed by atoms with van der Waals surface area (Å²) in [5.41, 5.74) is 1.16. The van der Waals surface area contributed by atoms with Crippen LogP contribution in [0.3, 0.4) is 0 Å². The second kappa shape index (κ2) is 5.32. The number of aryl methyl sites for hydroxylation is 1. The van der Waals surface area contributed by atoms with Crippen molar-refractivity contribution in [2.45, 2.75) is 20.0 Å². The molecule has 17 heavy (non-hydrogen) atoms. The van der Waals surface area contributed by atoms with Crippen LogP contribution < -0.4 is 5.32 Å². The molecule has 0 atom stereocenters. The fourth-order valence-electron chi connectivity index (χ4n) is 1.53. The minimum Gasteiger partial charge on any atom is -0.449 e. The quantitative estimate of drug-likeness (QED) is 0.789. The van der Waals surface area contributed by atoms with Crippen molar-refractivity contribution < 1.29 is 4.42 Å². The summed E-state index contributed by atoms with van der Waals surface area (Å²) < 4.78 is 7.14. The molecule has 0 spiro atoms. The minimum absolute atomic E-state index is 0.351. The molecule has 2 rings (SSSR count). The number of nitrogens with zero attached hydrogens (tertiary/aromatic N) is 3. The first-order chi connectivity index (χ1) is 8.28. The van der Waals surface area contributed by atoms with Crippen molar-refractivity contribution in [3.8, 4) is 6.07 Å². The molecule has 88 valence electrons. The van der Waals surface area contributed by atoms with Gasteiger partial charge in [-0.1, -0.05) is 0 Å². The number of aromatic nitrogens is 2. The summed E-state index contributed by atoms with van der Waals surface area (Å²) >= 11 is 0. The van der Waals surface area contributed by atoms with Crippen LogP contribution >= 0.6 is 0 Å². The highest BCUT2D eigenvalue weighted by molar-refractivity contribution is 5.18. The summed E-state index contributed by atoms with van der Waals surface area (Å²) in [4.78, 5) is 0. The van der Waals surface area contributed by atoms with E-state index in [0.717, 1.165) is 24.4 Å². The van der Waals surface area contributed by atoms with Crippen molar-refractivity contribution in [3.05, 3.63) is 41.6 Å². The number of nitriles is 1. The van der Waals surface area contributed by atoms with Gasteiger partial charge in [0.25, 0.3) is 0 Å². The first kappa shape index (κ1) is 11.4. The smallest absolute Gasteiger partial charge is 0.203 e. The third-order valence-electron chi connectivity index (χ3n) is 2.35. The molecule has 0 fully saturated rings. The van der Waals surface area contributed by atoms with Crippen molar-refractivity contribution in [3.63, 3.8) is 0 Å². The summed E-state index contributed by atoms with van der Waals surface area (Å²) in [6.07, 6.45) is 3.84. The highest BCUT2D eigenvalue weighted by atomic mass is 16.3. The summed E-state index contributed by atoms with van der Waals surface area (Å²) in [7, 11) is 0. The van der Waals surface area contributed by atoms with Crippen LogP contribution in [0.15, 0.2) is 28.9 Å². The molecule has 0 aliphatic carbocycles. The maximum atomic E-state index is 8.60. The minimum atomic E-state index is 0.351. The largest absolute Gasteiger partial charge is 0.449 e. The lowest BCUT2D eigenvalue weighted by Crippen LogP contribution is -2.19. The molecule has 0 aliphatic heterocycles. The van der Waals surface area contributed by atoms with Crippen LogP contribution in [0.4, 0.5) is 0 Å². The van der Waals surface area contributed by atoms with Crippen LogP contribution in [0.1, 0.15) is 17.1 Å². The summed E-state index contributed by atoms with van der Waals surface area (Å²) in [5, 5.41) is 16.0. The van der Waals surface area contributed by atoms with Gasteiger partial charge >= 0.3 is 0 Å². The van der Waals surface area contributed by atoms with Crippen LogP contribution in [0.2, 0.25) is 0 Å². The van der Waals surface area contributed by atoms with Crippen LogP contribution in [0, 0.1) is 18.3 Å². The van der Waals surface area contributed by atoms with E-state index in [1.165, 1.54) is 0 Å². The van der Waals surface area contributed by atoms with Gasteiger partial charge < -0.3 is 9.73 Å². The fraction of sp³-hybridized carbons (Fsp3) is 0.333. The molecule has 0 radical (unpaired) electrons. The number of hydrogen-bond acceptors (Lipinski definition) is 4. The second-order valence-electron chi connectivity index (χ2n) is 3.84. The number of furan rings is 1. The van der Waals surface area contributed by atoms with Crippen molar-refractivity contribution in [2.24, 2.45) is 0 Å². The van der Waals surface area contributed by atoms with E-state index in [9.17, 15) is 0 Å². The molecule has 0 unspecified atom stereocenters. The van der Waals surface area contributed by atoms with E-state index in [1.54, 1.807) is 6.07 Å². The Morgan fingerprint density at radius 3 is 3.06 bits per heavy atom. The van der Waals surface area contributed by atoms with Gasteiger partial charge in [0.15, 0.2) is 0 Å². The van der Waals surface area contributed by atoms with Gasteiger partial charge in [-0.05, 0) is 24.6 Å². The Hall–Kier alpha value is -2.06. The molecular formula is C12H14N4O. The van der Waals surface area contributed by atoms with E-state index < -0.39 is 0 Å². The normalized spacial score (nSPS) is 10.4. The topological polar surface area (TPSA) is 66.8 Å². The van der Waals surface area contributed by atoms with E-state index in [1.807, 2.05) is 36.1 Å². The molecule has 2 heterocycles. The average molecular weight is 230 g/mol. The monoisotopic (exact) mass is 230 g/mol. The lowest BCUT2D eigenvalue weighted by molar-refractivity contribution is 0.463. The molecule has 1 N–H and O–H groups in total. The predicted octanol–water partition coefficient (Wildman–Crippen LogP) is 1.45. The van der Waals surface area contributed by atoms with Gasteiger partial charge in [-0.15, -0.1) is 0 Å². The van der Waals surface area contributed by atoms with Crippen LogP contribution in [0.5, 0.6) is 0 Å². The third-order valence-corrected chi connectivity index (χ3v) is 2.35. The molecular weight excluding hydrogens is 216 g/mol. The zero-order chi connectivity index (χ0) is 12.1. The van der Waals surface area contributed by atoms with Gasteiger partial charge in [0, 0.05) is 12.7 Å². The highest BCUT2D eigenvalue weighted by Crippen LogP contribution is 2.05. The molecule has 2 aromatic heterocycles. The Morgan fingerprint density at radius 1 is 1.53 bits per heavy atom. The van der Waals surface area contributed by atoms with E-state index in [2.05, 4.69) is 10.4 Å². The van der Waals surface area contributed by atoms with Crippen molar-refractivity contribution in [1.82, 2.24) is 15.1 Å². The first-order valence-electron chi connectivity index (χ1n) is 5.46. The Labute approximate surface area is 99.7 Å². The summed E-state index contributed by atoms with van der Waals surface area (Å²) in [5.74, 6) is 1.13.